The number of alkyl halides is 1. The zero-order valence-corrected chi connectivity index (χ0v) is 44.4. The van der Waals surface area contributed by atoms with Crippen molar-refractivity contribution in [3.8, 4) is 0 Å². The molecular formula is C51H115FO7. The van der Waals surface area contributed by atoms with E-state index in [0.717, 1.165) is 75.7 Å². The highest BCUT2D eigenvalue weighted by Crippen LogP contribution is 2.19. The van der Waals surface area contributed by atoms with E-state index in [1.165, 1.54) is 44.9 Å². The number of hydrogen-bond donors (Lipinski definition) is 2. The van der Waals surface area contributed by atoms with Crippen LogP contribution < -0.4 is 0 Å². The molecule has 2 N–H and O–H groups in total. The van der Waals surface area contributed by atoms with Gasteiger partial charge in [-0.3, -0.25) is 4.39 Å². The Morgan fingerprint density at radius 2 is 0.966 bits per heavy atom. The summed E-state index contributed by atoms with van der Waals surface area (Å²) in [7, 11) is 3.48. The van der Waals surface area contributed by atoms with Gasteiger partial charge in [-0.05, 0) is 132 Å². The molecule has 7 nitrogen and oxygen atoms in total. The van der Waals surface area contributed by atoms with E-state index >= 15 is 0 Å². The van der Waals surface area contributed by atoms with Crippen molar-refractivity contribution in [2.24, 2.45) is 53.3 Å². The molecule has 1 aliphatic heterocycles. The highest BCUT2D eigenvalue weighted by atomic mass is 19.1. The standard InChI is InChI=1S/C8H16O.C8H18O.C7H16O.3C6H14O.C5H11F.C5H12O/c1-7(2)6-8-4-3-5-9-8;1-7(2)5-6-9-8(3)4;1-4-8-6-5-7(2)3;2*1-6(2)4-5-7-3;1-5(2)6(3)4-7;2*1-5(2)3-4-6/h7-8H,3-6H2,1-2H3;7-8H,5-6H2,1-4H3;7H,4-6H2,1-3H3;2*6H,4-5H2,1-3H3;5-7H,4H2,1-3H3;5H,3-4H2,1-2H3;5-6H,3-4H2,1-2H3. The highest BCUT2D eigenvalue weighted by molar-refractivity contribution is 4.65. The van der Waals surface area contributed by atoms with Crippen molar-refractivity contribution in [3.05, 3.63) is 0 Å². The molecule has 0 saturated carbocycles. The lowest BCUT2D eigenvalue weighted by Gasteiger charge is -2.10. The Kier molecular flexibility index (Phi) is 74.0. The summed E-state index contributed by atoms with van der Waals surface area (Å²) >= 11 is 0. The van der Waals surface area contributed by atoms with E-state index in [2.05, 4.69) is 111 Å². The van der Waals surface area contributed by atoms with E-state index in [0.29, 0.717) is 55.5 Å². The molecule has 0 amide bonds. The largest absolute Gasteiger partial charge is 0.396 e. The molecule has 1 aliphatic rings. The summed E-state index contributed by atoms with van der Waals surface area (Å²) < 4.78 is 36.9. The molecule has 0 bridgehead atoms. The molecule has 0 aliphatic carbocycles. The van der Waals surface area contributed by atoms with Gasteiger partial charge in [-0.2, -0.15) is 0 Å². The number of halogens is 1. The first-order chi connectivity index (χ1) is 27.4. The zero-order chi connectivity index (χ0) is 47.6. The first-order valence-corrected chi connectivity index (χ1v) is 24.0. The molecule has 1 rings (SSSR count). The van der Waals surface area contributed by atoms with Crippen LogP contribution in [0.15, 0.2) is 0 Å². The van der Waals surface area contributed by atoms with Crippen LogP contribution >= 0.6 is 0 Å². The maximum Gasteiger partial charge on any atom is 0.0896 e. The summed E-state index contributed by atoms with van der Waals surface area (Å²) in [6, 6.07) is 0. The lowest BCUT2D eigenvalue weighted by Crippen LogP contribution is -2.07. The number of aliphatic hydroxyl groups excluding tert-OH is 2. The van der Waals surface area contributed by atoms with Crippen LogP contribution in [0.1, 0.15) is 196 Å². The predicted molar refractivity (Wildman–Crippen MR) is 261 cm³/mol. The monoisotopic (exact) mass is 859 g/mol. The average Bonchev–Trinajstić information content (AvgIpc) is 3.63. The molecule has 368 valence electrons. The van der Waals surface area contributed by atoms with E-state index < -0.39 is 0 Å². The second-order valence-electron chi connectivity index (χ2n) is 19.3. The van der Waals surface area contributed by atoms with Crippen LogP contribution in [0.2, 0.25) is 0 Å². The Morgan fingerprint density at radius 3 is 1.15 bits per heavy atom. The molecule has 1 heterocycles. The first-order valence-electron chi connectivity index (χ1n) is 24.0. The maximum absolute atomic E-state index is 11.2. The number of rotatable bonds is 22. The third-order valence-corrected chi connectivity index (χ3v) is 8.57. The number of methoxy groups -OCH3 is 2. The first kappa shape index (κ1) is 73.1. The topological polar surface area (TPSA) is 86.6 Å². The third-order valence-electron chi connectivity index (χ3n) is 8.57. The van der Waals surface area contributed by atoms with Gasteiger partial charge in [0.05, 0.1) is 18.9 Å². The predicted octanol–water partition coefficient (Wildman–Crippen LogP) is 14.4. The second-order valence-corrected chi connectivity index (χ2v) is 19.3. The summed E-state index contributed by atoms with van der Waals surface area (Å²) in [5, 5.41) is 16.7. The van der Waals surface area contributed by atoms with Gasteiger partial charge in [-0.1, -0.05) is 118 Å². The molecule has 1 saturated heterocycles. The van der Waals surface area contributed by atoms with Crippen molar-refractivity contribution in [2.75, 3.05) is 73.7 Å². The van der Waals surface area contributed by atoms with Crippen LogP contribution in [-0.2, 0) is 23.7 Å². The van der Waals surface area contributed by atoms with Gasteiger partial charge in [-0.25, -0.2) is 0 Å². The smallest absolute Gasteiger partial charge is 0.0896 e. The normalized spacial score (nSPS) is 13.6. The lowest BCUT2D eigenvalue weighted by molar-refractivity contribution is 0.0710. The van der Waals surface area contributed by atoms with Gasteiger partial charge in [-0.15, -0.1) is 0 Å². The summed E-state index contributed by atoms with van der Waals surface area (Å²) in [5.41, 5.74) is 0. The second kappa shape index (κ2) is 59.7. The van der Waals surface area contributed by atoms with Crippen molar-refractivity contribution in [2.45, 2.75) is 208 Å². The Labute approximate surface area is 372 Å². The third kappa shape index (κ3) is 103. The summed E-state index contributed by atoms with van der Waals surface area (Å²) in [6.45, 7) is 48.7. The van der Waals surface area contributed by atoms with Crippen LogP contribution in [0.25, 0.3) is 0 Å². The van der Waals surface area contributed by atoms with Crippen molar-refractivity contribution in [1.29, 1.82) is 0 Å². The van der Waals surface area contributed by atoms with Gasteiger partial charge >= 0.3 is 0 Å². The van der Waals surface area contributed by atoms with Crippen LogP contribution in [0.5, 0.6) is 0 Å². The maximum atomic E-state index is 11.2. The Bertz CT molecular complexity index is 635. The van der Waals surface area contributed by atoms with Crippen LogP contribution in [0.4, 0.5) is 4.39 Å². The van der Waals surface area contributed by atoms with Crippen LogP contribution in [0, 0.1) is 53.3 Å². The van der Waals surface area contributed by atoms with Crippen LogP contribution in [0.3, 0.4) is 0 Å². The molecule has 0 spiro atoms. The van der Waals surface area contributed by atoms with Gasteiger partial charge in [0, 0.05) is 67.1 Å². The molecule has 0 aromatic heterocycles. The molecule has 1 fully saturated rings. The van der Waals surface area contributed by atoms with Gasteiger partial charge < -0.3 is 33.9 Å². The molecule has 59 heavy (non-hydrogen) atoms. The van der Waals surface area contributed by atoms with Crippen molar-refractivity contribution < 1.29 is 38.3 Å². The highest BCUT2D eigenvalue weighted by Gasteiger charge is 2.15. The Balaban J connectivity index is -0.000000105. The van der Waals surface area contributed by atoms with E-state index in [4.69, 9.17) is 33.9 Å². The van der Waals surface area contributed by atoms with E-state index in [1.807, 2.05) is 27.7 Å². The van der Waals surface area contributed by atoms with E-state index in [-0.39, 0.29) is 6.67 Å². The lowest BCUT2D eigenvalue weighted by atomic mass is 10.00. The van der Waals surface area contributed by atoms with Crippen molar-refractivity contribution >= 4 is 0 Å². The molecule has 8 heteroatoms. The van der Waals surface area contributed by atoms with Gasteiger partial charge in [0.25, 0.3) is 0 Å². The van der Waals surface area contributed by atoms with Gasteiger partial charge in [0.2, 0.25) is 0 Å². The summed E-state index contributed by atoms with van der Waals surface area (Å²) in [6.07, 6.45) is 11.2. The fraction of sp³-hybridized carbons (Fsp3) is 1.00. The average molecular weight is 859 g/mol. The van der Waals surface area contributed by atoms with Crippen molar-refractivity contribution in [1.82, 2.24) is 0 Å². The fourth-order valence-corrected chi connectivity index (χ4v) is 3.75. The number of ether oxygens (including phenoxy) is 5. The van der Waals surface area contributed by atoms with Crippen LogP contribution in [-0.4, -0.2) is 96.2 Å². The van der Waals surface area contributed by atoms with Crippen molar-refractivity contribution in [3.63, 3.8) is 0 Å². The van der Waals surface area contributed by atoms with Gasteiger partial charge in [0.1, 0.15) is 0 Å². The Hall–Kier alpha value is -0.350. The zero-order valence-electron chi connectivity index (χ0n) is 44.4. The van der Waals surface area contributed by atoms with E-state index in [1.54, 1.807) is 14.2 Å². The fourth-order valence-electron chi connectivity index (χ4n) is 3.75. The Morgan fingerprint density at radius 1 is 0.559 bits per heavy atom. The summed E-state index contributed by atoms with van der Waals surface area (Å²) in [5.74, 6) is 6.15. The SMILES string of the molecule is CC(C)C(C)CO.CC(C)CC1CCCO1.CC(C)CCF.CC(C)CCO.CC(C)CCOC(C)C.CCOCCC(C)C.COCCC(C)C.COCCC(C)C. The summed E-state index contributed by atoms with van der Waals surface area (Å²) in [4.78, 5) is 0. The van der Waals surface area contributed by atoms with Gasteiger partial charge in [0.15, 0.2) is 0 Å². The number of aliphatic hydroxyl groups is 2. The molecular weight excluding hydrogens is 744 g/mol. The molecule has 0 aromatic carbocycles. The minimum absolute atomic E-state index is 0.169. The minimum Gasteiger partial charge on any atom is -0.396 e. The number of hydrogen-bond acceptors (Lipinski definition) is 7. The van der Waals surface area contributed by atoms with E-state index in [9.17, 15) is 4.39 Å². The molecule has 0 radical (unpaired) electrons. The molecule has 2 atom stereocenters. The molecule has 0 aromatic rings. The minimum atomic E-state index is -0.169. The quantitative estimate of drug-likeness (QED) is 0.105. The molecule has 2 unspecified atom stereocenters.